The molecule has 0 aromatic rings. The Bertz CT molecular complexity index is 303. The fraction of sp³-hybridized carbons (Fsp3) is 0.833. The maximum absolute atomic E-state index is 12.1. The molecule has 2 saturated heterocycles. The molecular weight excluding hydrogens is 220 g/mol. The van der Waals surface area contributed by atoms with Crippen LogP contribution in [0.3, 0.4) is 0 Å². The van der Waals surface area contributed by atoms with Crippen LogP contribution in [0.25, 0.3) is 0 Å². The molecule has 0 aromatic heterocycles. The third kappa shape index (κ3) is 2.77. The molecule has 2 amide bonds. The van der Waals surface area contributed by atoms with Crippen molar-refractivity contribution in [1.29, 1.82) is 0 Å². The lowest BCUT2D eigenvalue weighted by Crippen LogP contribution is -2.52. The first-order chi connectivity index (χ1) is 8.08. The predicted molar refractivity (Wildman–Crippen MR) is 62.4 cm³/mol. The van der Waals surface area contributed by atoms with Crippen molar-refractivity contribution in [3.05, 3.63) is 0 Å². The summed E-state index contributed by atoms with van der Waals surface area (Å²) < 4.78 is 5.55. The minimum atomic E-state index is -0.367. The zero-order valence-corrected chi connectivity index (χ0v) is 10.5. The number of rotatable bonds is 0. The third-order valence-electron chi connectivity index (χ3n) is 3.28. The molecule has 0 radical (unpaired) electrons. The molecule has 0 N–H and O–H groups in total. The van der Waals surface area contributed by atoms with Crippen molar-refractivity contribution < 1.29 is 14.3 Å². The van der Waals surface area contributed by atoms with E-state index in [2.05, 4.69) is 0 Å². The third-order valence-corrected chi connectivity index (χ3v) is 3.28. The molecule has 96 valence electrons. The Labute approximate surface area is 102 Å². The van der Waals surface area contributed by atoms with Gasteiger partial charge in [-0.05, 0) is 26.7 Å². The van der Waals surface area contributed by atoms with Crippen LogP contribution in [0, 0.1) is 0 Å². The quantitative estimate of drug-likeness (QED) is 0.570. The monoisotopic (exact) mass is 240 g/mol. The summed E-state index contributed by atoms with van der Waals surface area (Å²) in [6.45, 7) is 6.33. The van der Waals surface area contributed by atoms with E-state index in [4.69, 9.17) is 4.74 Å². The molecule has 2 atom stereocenters. The summed E-state index contributed by atoms with van der Waals surface area (Å²) in [5.74, 6) is -0.710. The van der Waals surface area contributed by atoms with Gasteiger partial charge in [-0.3, -0.25) is 9.59 Å². The Kier molecular flexibility index (Phi) is 3.66. The van der Waals surface area contributed by atoms with Crippen molar-refractivity contribution in [1.82, 2.24) is 9.80 Å². The van der Waals surface area contributed by atoms with Gasteiger partial charge in [0.1, 0.15) is 0 Å². The summed E-state index contributed by atoms with van der Waals surface area (Å²) in [6, 6.07) is 0. The van der Waals surface area contributed by atoms with Crippen LogP contribution in [0.2, 0.25) is 0 Å². The van der Waals surface area contributed by atoms with E-state index in [-0.39, 0.29) is 24.0 Å². The van der Waals surface area contributed by atoms with E-state index in [1.54, 1.807) is 9.80 Å². The Hall–Kier alpha value is -1.10. The maximum atomic E-state index is 12.1. The van der Waals surface area contributed by atoms with E-state index < -0.39 is 0 Å². The normalized spacial score (nSPS) is 29.5. The maximum Gasteiger partial charge on any atom is 0.312 e. The van der Waals surface area contributed by atoms with Crippen molar-refractivity contribution in [3.8, 4) is 0 Å². The molecule has 2 fully saturated rings. The average molecular weight is 240 g/mol. The van der Waals surface area contributed by atoms with E-state index in [0.717, 1.165) is 25.9 Å². The topological polar surface area (TPSA) is 49.9 Å². The summed E-state index contributed by atoms with van der Waals surface area (Å²) in [4.78, 5) is 27.3. The van der Waals surface area contributed by atoms with E-state index in [9.17, 15) is 9.59 Å². The molecule has 2 unspecified atom stereocenters. The van der Waals surface area contributed by atoms with Crippen LogP contribution >= 0.6 is 0 Å². The van der Waals surface area contributed by atoms with Gasteiger partial charge >= 0.3 is 11.8 Å². The van der Waals surface area contributed by atoms with Gasteiger partial charge in [-0.1, -0.05) is 0 Å². The zero-order chi connectivity index (χ0) is 12.4. The molecule has 0 aromatic carbocycles. The Morgan fingerprint density at radius 1 is 0.941 bits per heavy atom. The van der Waals surface area contributed by atoms with E-state index in [1.807, 2.05) is 13.8 Å². The first-order valence-corrected chi connectivity index (χ1v) is 6.31. The Balaban J connectivity index is 1.96. The van der Waals surface area contributed by atoms with Gasteiger partial charge in [-0.15, -0.1) is 0 Å². The number of amides is 2. The highest BCUT2D eigenvalue weighted by Crippen LogP contribution is 2.13. The standard InChI is InChI=1S/C12H20N2O3/c1-9-7-14(8-10(2)17-9)12(16)11(15)13-5-3-4-6-13/h9-10H,3-8H2,1-2H3. The molecule has 17 heavy (non-hydrogen) atoms. The fourth-order valence-electron chi connectivity index (χ4n) is 2.53. The lowest BCUT2D eigenvalue weighted by molar-refractivity contribution is -0.157. The van der Waals surface area contributed by atoms with Crippen LogP contribution in [-0.4, -0.2) is 60.0 Å². The molecule has 5 nitrogen and oxygen atoms in total. The van der Waals surface area contributed by atoms with Crippen LogP contribution in [0.5, 0.6) is 0 Å². The number of likely N-dealkylation sites (tertiary alicyclic amines) is 1. The summed E-state index contributed by atoms with van der Waals surface area (Å²) in [5.41, 5.74) is 0. The van der Waals surface area contributed by atoms with Gasteiger partial charge in [0.05, 0.1) is 12.2 Å². The van der Waals surface area contributed by atoms with Crippen molar-refractivity contribution in [2.45, 2.75) is 38.9 Å². The highest BCUT2D eigenvalue weighted by Gasteiger charge is 2.32. The molecule has 2 heterocycles. The van der Waals surface area contributed by atoms with Gasteiger partial charge in [-0.25, -0.2) is 0 Å². The zero-order valence-electron chi connectivity index (χ0n) is 10.5. The van der Waals surface area contributed by atoms with Gasteiger partial charge in [-0.2, -0.15) is 0 Å². The van der Waals surface area contributed by atoms with Crippen LogP contribution in [0.4, 0.5) is 0 Å². The summed E-state index contributed by atoms with van der Waals surface area (Å²) in [6.07, 6.45) is 2.03. The number of nitrogens with zero attached hydrogens (tertiary/aromatic N) is 2. The summed E-state index contributed by atoms with van der Waals surface area (Å²) in [7, 11) is 0. The Morgan fingerprint density at radius 2 is 1.41 bits per heavy atom. The lowest BCUT2D eigenvalue weighted by atomic mass is 10.2. The van der Waals surface area contributed by atoms with Crippen molar-refractivity contribution in [2.24, 2.45) is 0 Å². The molecule has 0 spiro atoms. The number of carbonyl (C=O) groups is 2. The van der Waals surface area contributed by atoms with Crippen molar-refractivity contribution in [3.63, 3.8) is 0 Å². The molecule has 2 aliphatic rings. The molecule has 5 heteroatoms. The second kappa shape index (κ2) is 5.04. The number of morpholine rings is 1. The van der Waals surface area contributed by atoms with Gasteiger partial charge in [0.15, 0.2) is 0 Å². The minimum absolute atomic E-state index is 0.00841. The van der Waals surface area contributed by atoms with E-state index in [1.165, 1.54) is 0 Å². The second-order valence-corrected chi connectivity index (χ2v) is 4.97. The van der Waals surface area contributed by atoms with Crippen LogP contribution in [0.15, 0.2) is 0 Å². The van der Waals surface area contributed by atoms with Crippen LogP contribution in [-0.2, 0) is 14.3 Å². The highest BCUT2D eigenvalue weighted by atomic mass is 16.5. The molecule has 2 aliphatic heterocycles. The van der Waals surface area contributed by atoms with Gasteiger partial charge < -0.3 is 14.5 Å². The molecule has 0 aliphatic carbocycles. The predicted octanol–water partition coefficient (Wildman–Crippen LogP) is 0.245. The molecule has 2 rings (SSSR count). The van der Waals surface area contributed by atoms with Crippen LogP contribution in [0.1, 0.15) is 26.7 Å². The first-order valence-electron chi connectivity index (χ1n) is 6.31. The first kappa shape index (κ1) is 12.4. The number of ether oxygens (including phenoxy) is 1. The smallest absolute Gasteiger partial charge is 0.312 e. The lowest BCUT2D eigenvalue weighted by Gasteiger charge is -2.35. The number of hydrogen-bond acceptors (Lipinski definition) is 3. The summed E-state index contributed by atoms with van der Waals surface area (Å²) in [5, 5.41) is 0. The second-order valence-electron chi connectivity index (χ2n) is 4.97. The van der Waals surface area contributed by atoms with E-state index >= 15 is 0 Å². The average Bonchev–Trinajstić information content (AvgIpc) is 2.79. The van der Waals surface area contributed by atoms with Crippen LogP contribution < -0.4 is 0 Å². The summed E-state index contributed by atoms with van der Waals surface area (Å²) >= 11 is 0. The molecule has 0 saturated carbocycles. The molecule has 0 bridgehead atoms. The SMILES string of the molecule is CC1CN(C(=O)C(=O)N2CCCC2)CC(C)O1. The van der Waals surface area contributed by atoms with Gasteiger partial charge in [0, 0.05) is 26.2 Å². The van der Waals surface area contributed by atoms with Gasteiger partial charge in [0.25, 0.3) is 0 Å². The van der Waals surface area contributed by atoms with Gasteiger partial charge in [0.2, 0.25) is 0 Å². The van der Waals surface area contributed by atoms with Crippen molar-refractivity contribution >= 4 is 11.8 Å². The number of hydrogen-bond donors (Lipinski definition) is 0. The van der Waals surface area contributed by atoms with Crippen molar-refractivity contribution in [2.75, 3.05) is 26.2 Å². The van der Waals surface area contributed by atoms with E-state index in [0.29, 0.717) is 13.1 Å². The fourth-order valence-corrected chi connectivity index (χ4v) is 2.53. The Morgan fingerprint density at radius 3 is 1.94 bits per heavy atom. The molecular formula is C12H20N2O3. The number of carbonyl (C=O) groups excluding carboxylic acids is 2. The largest absolute Gasteiger partial charge is 0.372 e. The minimum Gasteiger partial charge on any atom is -0.372 e. The highest BCUT2D eigenvalue weighted by molar-refractivity contribution is 6.35.